The highest BCUT2D eigenvalue weighted by molar-refractivity contribution is 5.83. The Kier molecular flexibility index (Phi) is 4.74. The van der Waals surface area contributed by atoms with Crippen molar-refractivity contribution >= 4 is 12.1 Å². The van der Waals surface area contributed by atoms with Crippen LogP contribution in [0.15, 0.2) is 24.3 Å². The van der Waals surface area contributed by atoms with Crippen LogP contribution in [0.25, 0.3) is 0 Å². The maximum atomic E-state index is 12.3. The Hall–Kier alpha value is -2.04. The van der Waals surface area contributed by atoms with Gasteiger partial charge in [-0.3, -0.25) is 4.90 Å². The summed E-state index contributed by atoms with van der Waals surface area (Å²) >= 11 is 0. The molecule has 1 amide bonds. The molecule has 1 saturated heterocycles. The minimum absolute atomic E-state index is 0.410. The van der Waals surface area contributed by atoms with Crippen molar-refractivity contribution in [1.29, 1.82) is 0 Å². The van der Waals surface area contributed by atoms with Crippen LogP contribution in [0.1, 0.15) is 39.2 Å². The van der Waals surface area contributed by atoms with Crippen molar-refractivity contribution in [2.75, 3.05) is 6.54 Å². The topological polar surface area (TPSA) is 55.8 Å². The number of aryl methyl sites for hydroxylation is 1. The summed E-state index contributed by atoms with van der Waals surface area (Å²) in [7, 11) is 0. The van der Waals surface area contributed by atoms with Gasteiger partial charge in [0.2, 0.25) is 0 Å². The fraction of sp³-hybridized carbons (Fsp3) is 0.529. The molecule has 22 heavy (non-hydrogen) atoms. The van der Waals surface area contributed by atoms with E-state index in [1.807, 2.05) is 19.1 Å². The molecule has 1 heterocycles. The number of hydrogen-bond donors (Lipinski definition) is 0. The zero-order valence-electron chi connectivity index (χ0n) is 13.6. The molecule has 0 bridgehead atoms. The van der Waals surface area contributed by atoms with E-state index in [4.69, 9.17) is 9.47 Å². The lowest BCUT2D eigenvalue weighted by atomic mass is 10.2. The fourth-order valence-electron chi connectivity index (χ4n) is 2.34. The minimum atomic E-state index is -0.578. The van der Waals surface area contributed by atoms with Gasteiger partial charge in [0, 0.05) is 6.54 Å². The molecule has 120 valence electrons. The van der Waals surface area contributed by atoms with Crippen LogP contribution in [0.3, 0.4) is 0 Å². The van der Waals surface area contributed by atoms with E-state index in [0.29, 0.717) is 18.7 Å². The van der Waals surface area contributed by atoms with Gasteiger partial charge in [0.1, 0.15) is 17.4 Å². The zero-order valence-corrected chi connectivity index (χ0v) is 13.6. The molecular formula is C17H23NO4. The molecule has 5 nitrogen and oxygen atoms in total. The van der Waals surface area contributed by atoms with Crippen LogP contribution < -0.4 is 4.74 Å². The van der Waals surface area contributed by atoms with E-state index in [9.17, 15) is 9.59 Å². The van der Waals surface area contributed by atoms with Crippen molar-refractivity contribution in [3.05, 3.63) is 29.8 Å². The molecule has 1 aromatic carbocycles. The van der Waals surface area contributed by atoms with Crippen molar-refractivity contribution in [2.45, 2.75) is 52.2 Å². The minimum Gasteiger partial charge on any atom is -0.444 e. The lowest BCUT2D eigenvalue weighted by molar-refractivity contribution is -0.139. The van der Waals surface area contributed by atoms with Gasteiger partial charge in [-0.2, -0.15) is 0 Å². The fourth-order valence-corrected chi connectivity index (χ4v) is 2.34. The quantitative estimate of drug-likeness (QED) is 0.621. The van der Waals surface area contributed by atoms with Crippen molar-refractivity contribution in [1.82, 2.24) is 4.90 Å². The molecule has 0 unspecified atom stereocenters. The third-order valence-corrected chi connectivity index (χ3v) is 3.39. The van der Waals surface area contributed by atoms with Gasteiger partial charge >= 0.3 is 12.1 Å². The molecule has 1 fully saturated rings. The molecule has 1 atom stereocenters. The van der Waals surface area contributed by atoms with E-state index in [1.54, 1.807) is 32.9 Å². The first-order chi connectivity index (χ1) is 10.3. The molecule has 5 heteroatoms. The lowest BCUT2D eigenvalue weighted by Gasteiger charge is -2.27. The number of hydrogen-bond acceptors (Lipinski definition) is 4. The van der Waals surface area contributed by atoms with E-state index in [-0.39, 0.29) is 0 Å². The Bertz CT molecular complexity index is 545. The summed E-state index contributed by atoms with van der Waals surface area (Å²) in [4.78, 5) is 25.9. The summed E-state index contributed by atoms with van der Waals surface area (Å²) in [6.45, 7) is 7.90. The third kappa shape index (κ3) is 4.23. The predicted octanol–water partition coefficient (Wildman–Crippen LogP) is 3.30. The molecule has 0 aliphatic carbocycles. The molecular weight excluding hydrogens is 282 g/mol. The van der Waals surface area contributed by atoms with E-state index >= 15 is 0 Å². The maximum absolute atomic E-state index is 12.3. The van der Waals surface area contributed by atoms with Gasteiger partial charge in [-0.25, -0.2) is 9.59 Å². The normalized spacial score (nSPS) is 18.2. The summed E-state index contributed by atoms with van der Waals surface area (Å²) < 4.78 is 10.7. The van der Waals surface area contributed by atoms with Crippen molar-refractivity contribution in [3.8, 4) is 5.75 Å². The number of esters is 1. The average molecular weight is 305 g/mol. The van der Waals surface area contributed by atoms with Crippen LogP contribution in [0.2, 0.25) is 0 Å². The first-order valence-electron chi connectivity index (χ1n) is 7.54. The number of benzene rings is 1. The number of likely N-dealkylation sites (tertiary alicyclic amines) is 1. The number of rotatable bonds is 2. The second kappa shape index (κ2) is 6.38. The second-order valence-corrected chi connectivity index (χ2v) is 6.57. The Morgan fingerprint density at radius 2 is 1.82 bits per heavy atom. The standard InChI is InChI=1S/C17H23NO4/c1-12-7-9-13(10-8-12)21-15(19)14-6-5-11-18(14)16(20)22-17(2,3)4/h7-10,14H,5-6,11H2,1-4H3/t14-/m0/s1. The van der Waals surface area contributed by atoms with Gasteiger partial charge < -0.3 is 9.47 Å². The number of ether oxygens (including phenoxy) is 2. The Balaban J connectivity index is 2.01. The van der Waals surface area contributed by atoms with E-state index < -0.39 is 23.7 Å². The van der Waals surface area contributed by atoms with E-state index in [0.717, 1.165) is 12.0 Å². The van der Waals surface area contributed by atoms with Gasteiger partial charge in [-0.15, -0.1) is 0 Å². The Labute approximate surface area is 131 Å². The van der Waals surface area contributed by atoms with Crippen molar-refractivity contribution in [3.63, 3.8) is 0 Å². The van der Waals surface area contributed by atoms with Crippen LogP contribution in [-0.4, -0.2) is 35.2 Å². The molecule has 0 N–H and O–H groups in total. The smallest absolute Gasteiger partial charge is 0.411 e. The largest absolute Gasteiger partial charge is 0.444 e. The highest BCUT2D eigenvalue weighted by Gasteiger charge is 2.37. The number of amides is 1. The predicted molar refractivity (Wildman–Crippen MR) is 82.8 cm³/mol. The van der Waals surface area contributed by atoms with Gasteiger partial charge in [0.25, 0.3) is 0 Å². The summed E-state index contributed by atoms with van der Waals surface area (Å²) in [5, 5.41) is 0. The van der Waals surface area contributed by atoms with Crippen LogP contribution in [-0.2, 0) is 9.53 Å². The van der Waals surface area contributed by atoms with Crippen molar-refractivity contribution < 1.29 is 19.1 Å². The molecule has 0 saturated carbocycles. The molecule has 0 spiro atoms. The molecule has 1 aliphatic rings. The summed E-state index contributed by atoms with van der Waals surface area (Å²) in [5.74, 6) is 0.0823. The molecule has 1 aliphatic heterocycles. The summed E-state index contributed by atoms with van der Waals surface area (Å²) in [6, 6.07) is 6.68. The van der Waals surface area contributed by atoms with E-state index in [1.165, 1.54) is 4.90 Å². The monoisotopic (exact) mass is 305 g/mol. The number of nitrogens with zero attached hydrogens (tertiary/aromatic N) is 1. The number of carbonyl (C=O) groups is 2. The first kappa shape index (κ1) is 16.3. The Morgan fingerprint density at radius 3 is 2.41 bits per heavy atom. The van der Waals surface area contributed by atoms with Crippen LogP contribution >= 0.6 is 0 Å². The molecule has 2 rings (SSSR count). The first-order valence-corrected chi connectivity index (χ1v) is 7.54. The van der Waals surface area contributed by atoms with Gasteiger partial charge in [-0.1, -0.05) is 17.7 Å². The second-order valence-electron chi connectivity index (χ2n) is 6.57. The van der Waals surface area contributed by atoms with Gasteiger partial charge in [-0.05, 0) is 52.7 Å². The highest BCUT2D eigenvalue weighted by atomic mass is 16.6. The van der Waals surface area contributed by atoms with Gasteiger partial charge in [0.05, 0.1) is 0 Å². The highest BCUT2D eigenvalue weighted by Crippen LogP contribution is 2.23. The average Bonchev–Trinajstić information content (AvgIpc) is 2.89. The Morgan fingerprint density at radius 1 is 1.18 bits per heavy atom. The molecule has 1 aromatic rings. The SMILES string of the molecule is Cc1ccc(OC(=O)[C@@H]2CCCN2C(=O)OC(C)(C)C)cc1. The maximum Gasteiger partial charge on any atom is 0.411 e. The van der Waals surface area contributed by atoms with E-state index in [2.05, 4.69) is 0 Å². The van der Waals surface area contributed by atoms with Crippen LogP contribution in [0.4, 0.5) is 4.79 Å². The lowest BCUT2D eigenvalue weighted by Crippen LogP contribution is -2.44. The third-order valence-electron chi connectivity index (χ3n) is 3.39. The zero-order chi connectivity index (χ0) is 16.3. The number of carbonyl (C=O) groups excluding carboxylic acids is 2. The van der Waals surface area contributed by atoms with Crippen molar-refractivity contribution in [2.24, 2.45) is 0 Å². The van der Waals surface area contributed by atoms with Crippen LogP contribution in [0.5, 0.6) is 5.75 Å². The van der Waals surface area contributed by atoms with Crippen LogP contribution in [0, 0.1) is 6.92 Å². The van der Waals surface area contributed by atoms with Gasteiger partial charge in [0.15, 0.2) is 0 Å². The molecule has 0 radical (unpaired) electrons. The summed E-state index contributed by atoms with van der Waals surface area (Å²) in [5.41, 5.74) is 0.515. The molecule has 0 aromatic heterocycles. The summed E-state index contributed by atoms with van der Waals surface area (Å²) in [6.07, 6.45) is 0.910.